The van der Waals surface area contributed by atoms with Crippen LogP contribution in [0.1, 0.15) is 50.5 Å². The van der Waals surface area contributed by atoms with Gasteiger partial charge in [0.05, 0.1) is 16.0 Å². The van der Waals surface area contributed by atoms with Crippen LogP contribution in [0.4, 0.5) is 0 Å². The molecule has 34 heavy (non-hydrogen) atoms. The minimum absolute atomic E-state index is 0.0953. The normalized spacial score (nSPS) is 27.7. The molecule has 4 fully saturated rings. The smallest absolute Gasteiger partial charge is 0.306 e. The molecule has 0 unspecified atom stereocenters. The number of hydrogen-bond donors (Lipinski definition) is 1. The van der Waals surface area contributed by atoms with Crippen LogP contribution in [0.2, 0.25) is 10.0 Å². The standard InChI is InChI=1S/C26H35Cl2N3O3/c27-22-4-3-20(13-23(22)28)26(8-5-24(32)31(17-26)14-18-1-2-18)9-12-29-15-21(16-29)30-10-6-19(7-11-30)25(33)34/h3-4,13,18-19,21H,1-2,5-12,14-17H2,(H,33,34)/t26-/m1/s1. The maximum Gasteiger partial charge on any atom is 0.306 e. The number of halogens is 2. The van der Waals surface area contributed by atoms with Gasteiger partial charge in [-0.25, -0.2) is 0 Å². The van der Waals surface area contributed by atoms with Crippen LogP contribution in [-0.4, -0.2) is 83.5 Å². The van der Waals surface area contributed by atoms with Gasteiger partial charge in [0.15, 0.2) is 0 Å². The summed E-state index contributed by atoms with van der Waals surface area (Å²) < 4.78 is 0. The molecule has 1 amide bonds. The molecule has 186 valence electrons. The molecule has 1 aliphatic carbocycles. The van der Waals surface area contributed by atoms with Crippen molar-refractivity contribution in [3.05, 3.63) is 33.8 Å². The van der Waals surface area contributed by atoms with Gasteiger partial charge in [-0.15, -0.1) is 0 Å². The minimum atomic E-state index is -0.649. The molecule has 1 aromatic rings. The number of nitrogens with zero attached hydrogens (tertiary/aromatic N) is 3. The molecule has 1 aromatic carbocycles. The maximum atomic E-state index is 12.7. The Kier molecular flexibility index (Phi) is 7.14. The quantitative estimate of drug-likeness (QED) is 0.572. The van der Waals surface area contributed by atoms with E-state index in [0.717, 1.165) is 71.5 Å². The largest absolute Gasteiger partial charge is 0.481 e. The number of benzene rings is 1. The fraction of sp³-hybridized carbons (Fsp3) is 0.692. The molecule has 8 heteroatoms. The summed E-state index contributed by atoms with van der Waals surface area (Å²) >= 11 is 12.7. The van der Waals surface area contributed by atoms with E-state index in [-0.39, 0.29) is 17.2 Å². The Bertz CT molecular complexity index is 926. The predicted molar refractivity (Wildman–Crippen MR) is 133 cm³/mol. The topological polar surface area (TPSA) is 64.1 Å². The van der Waals surface area contributed by atoms with E-state index in [1.54, 1.807) is 0 Å². The maximum absolute atomic E-state index is 12.7. The molecule has 6 nitrogen and oxygen atoms in total. The van der Waals surface area contributed by atoms with Crippen LogP contribution >= 0.6 is 23.2 Å². The molecule has 1 N–H and O–H groups in total. The zero-order valence-electron chi connectivity index (χ0n) is 19.7. The van der Waals surface area contributed by atoms with Crippen LogP contribution in [0, 0.1) is 11.8 Å². The van der Waals surface area contributed by atoms with Gasteiger partial charge in [-0.2, -0.15) is 0 Å². The Balaban J connectivity index is 1.22. The fourth-order valence-electron chi connectivity index (χ4n) is 6.07. The zero-order valence-corrected chi connectivity index (χ0v) is 21.2. The summed E-state index contributed by atoms with van der Waals surface area (Å²) in [4.78, 5) is 31.0. The van der Waals surface area contributed by atoms with Crippen LogP contribution in [0.3, 0.4) is 0 Å². The third-order valence-corrected chi connectivity index (χ3v) is 9.35. The van der Waals surface area contributed by atoms with Gasteiger partial charge < -0.3 is 14.9 Å². The molecule has 3 aliphatic heterocycles. The van der Waals surface area contributed by atoms with Gasteiger partial charge in [-0.1, -0.05) is 29.3 Å². The van der Waals surface area contributed by atoms with Gasteiger partial charge in [-0.3, -0.25) is 14.5 Å². The molecule has 0 aromatic heterocycles. The van der Waals surface area contributed by atoms with E-state index >= 15 is 0 Å². The van der Waals surface area contributed by atoms with Crippen LogP contribution in [0.25, 0.3) is 0 Å². The first-order chi connectivity index (χ1) is 16.3. The minimum Gasteiger partial charge on any atom is -0.481 e. The third kappa shape index (κ3) is 5.25. The van der Waals surface area contributed by atoms with Crippen LogP contribution < -0.4 is 0 Å². The summed E-state index contributed by atoms with van der Waals surface area (Å²) in [6.45, 7) is 6.51. The van der Waals surface area contributed by atoms with Crippen molar-refractivity contribution in [3.8, 4) is 0 Å². The predicted octanol–water partition coefficient (Wildman–Crippen LogP) is 4.13. The molecule has 0 radical (unpaired) electrons. The molecular formula is C26H35Cl2N3O3. The number of aliphatic carboxylic acids is 1. The number of carboxylic acid groups (broad SMARTS) is 1. The number of amides is 1. The van der Waals surface area contributed by atoms with Crippen molar-refractivity contribution >= 4 is 35.1 Å². The first kappa shape index (κ1) is 24.4. The summed E-state index contributed by atoms with van der Waals surface area (Å²) in [6.07, 6.45) is 6.44. The van der Waals surface area contributed by atoms with E-state index in [0.29, 0.717) is 28.4 Å². The van der Waals surface area contributed by atoms with Crippen LogP contribution in [-0.2, 0) is 15.0 Å². The molecule has 3 heterocycles. The van der Waals surface area contributed by atoms with Gasteiger partial charge in [0.1, 0.15) is 0 Å². The number of carbonyl (C=O) groups excluding carboxylic acids is 1. The van der Waals surface area contributed by atoms with Gasteiger partial charge in [0, 0.05) is 44.1 Å². The Morgan fingerprint density at radius 2 is 1.82 bits per heavy atom. The van der Waals surface area contributed by atoms with Gasteiger partial charge in [-0.05, 0) is 81.8 Å². The molecule has 1 saturated carbocycles. The lowest BCUT2D eigenvalue weighted by molar-refractivity contribution is -0.144. The van der Waals surface area contributed by atoms with Crippen molar-refractivity contribution in [2.75, 3.05) is 45.8 Å². The molecule has 5 rings (SSSR count). The molecule has 4 aliphatic rings. The number of hydrogen-bond acceptors (Lipinski definition) is 4. The van der Waals surface area contributed by atoms with E-state index in [2.05, 4.69) is 20.8 Å². The van der Waals surface area contributed by atoms with Crippen LogP contribution in [0.5, 0.6) is 0 Å². The summed E-state index contributed by atoms with van der Waals surface area (Å²) in [7, 11) is 0. The Morgan fingerprint density at radius 3 is 2.47 bits per heavy atom. The summed E-state index contributed by atoms with van der Waals surface area (Å²) in [5, 5.41) is 10.4. The number of piperidine rings is 2. The van der Waals surface area contributed by atoms with Gasteiger partial charge in [0.2, 0.25) is 5.91 Å². The lowest BCUT2D eigenvalue weighted by atomic mass is 9.71. The summed E-state index contributed by atoms with van der Waals surface area (Å²) in [6, 6.07) is 6.55. The highest BCUT2D eigenvalue weighted by Crippen LogP contribution is 2.42. The molecular weight excluding hydrogens is 473 g/mol. The Hall–Kier alpha value is -1.34. The molecule has 3 saturated heterocycles. The monoisotopic (exact) mass is 507 g/mol. The van der Waals surface area contributed by atoms with Crippen molar-refractivity contribution < 1.29 is 14.7 Å². The Morgan fingerprint density at radius 1 is 1.09 bits per heavy atom. The average Bonchev–Trinajstić information content (AvgIpc) is 3.61. The number of rotatable bonds is 8. The second-order valence-electron chi connectivity index (χ2n) is 10.9. The lowest BCUT2D eigenvalue weighted by Crippen LogP contribution is -2.61. The SMILES string of the molecule is O=C(O)C1CCN(C2CN(CC[C@]3(c4ccc(Cl)c(Cl)c4)CCC(=O)N(CC4CC4)C3)C2)CC1. The number of carboxylic acids is 1. The second kappa shape index (κ2) is 9.96. The fourth-order valence-corrected chi connectivity index (χ4v) is 6.36. The van der Waals surface area contributed by atoms with E-state index in [1.807, 2.05) is 12.1 Å². The molecule has 0 spiro atoms. The van der Waals surface area contributed by atoms with Crippen molar-refractivity contribution in [1.29, 1.82) is 0 Å². The summed E-state index contributed by atoms with van der Waals surface area (Å²) in [5.41, 5.74) is 1.10. The second-order valence-corrected chi connectivity index (χ2v) is 11.8. The van der Waals surface area contributed by atoms with Crippen molar-refractivity contribution in [3.63, 3.8) is 0 Å². The lowest BCUT2D eigenvalue weighted by Gasteiger charge is -2.49. The van der Waals surface area contributed by atoms with E-state index in [1.165, 1.54) is 18.4 Å². The average molecular weight is 508 g/mol. The van der Waals surface area contributed by atoms with E-state index < -0.39 is 5.97 Å². The zero-order chi connectivity index (χ0) is 23.9. The molecule has 1 atom stereocenters. The number of likely N-dealkylation sites (tertiary alicyclic amines) is 3. The highest BCUT2D eigenvalue weighted by molar-refractivity contribution is 6.42. The van der Waals surface area contributed by atoms with Gasteiger partial charge >= 0.3 is 5.97 Å². The van der Waals surface area contributed by atoms with E-state index in [9.17, 15) is 14.7 Å². The highest BCUT2D eigenvalue weighted by atomic mass is 35.5. The van der Waals surface area contributed by atoms with E-state index in [4.69, 9.17) is 23.2 Å². The Labute approximate surface area is 212 Å². The first-order valence-corrected chi connectivity index (χ1v) is 13.5. The third-order valence-electron chi connectivity index (χ3n) is 8.61. The number of carbonyl (C=O) groups is 2. The summed E-state index contributed by atoms with van der Waals surface area (Å²) in [5.74, 6) is 0.140. The highest BCUT2D eigenvalue weighted by Gasteiger charge is 2.43. The first-order valence-electron chi connectivity index (χ1n) is 12.8. The van der Waals surface area contributed by atoms with Crippen molar-refractivity contribution in [1.82, 2.24) is 14.7 Å². The van der Waals surface area contributed by atoms with Crippen molar-refractivity contribution in [2.45, 2.75) is 56.4 Å². The molecule has 0 bridgehead atoms. The van der Waals surface area contributed by atoms with Crippen molar-refractivity contribution in [2.24, 2.45) is 11.8 Å². The van der Waals surface area contributed by atoms with Crippen LogP contribution in [0.15, 0.2) is 18.2 Å². The van der Waals surface area contributed by atoms with Gasteiger partial charge in [0.25, 0.3) is 0 Å².